The summed E-state index contributed by atoms with van der Waals surface area (Å²) in [5.41, 5.74) is 1.83. The van der Waals surface area contributed by atoms with E-state index in [2.05, 4.69) is 14.9 Å². The lowest BCUT2D eigenvalue weighted by molar-refractivity contribution is -0.138. The zero-order valence-electron chi connectivity index (χ0n) is 12.2. The van der Waals surface area contributed by atoms with Crippen LogP contribution in [0, 0.1) is 0 Å². The third-order valence-electron chi connectivity index (χ3n) is 3.30. The van der Waals surface area contributed by atoms with Crippen molar-refractivity contribution in [2.45, 2.75) is 32.9 Å². The van der Waals surface area contributed by atoms with E-state index in [9.17, 15) is 4.79 Å². The Labute approximate surface area is 128 Å². The Kier molecular flexibility index (Phi) is 5.41. The summed E-state index contributed by atoms with van der Waals surface area (Å²) in [7, 11) is 0. The van der Waals surface area contributed by atoms with Crippen LogP contribution in [0.3, 0.4) is 0 Å². The molecule has 2 aromatic heterocycles. The maximum absolute atomic E-state index is 10.8. The van der Waals surface area contributed by atoms with Gasteiger partial charge in [-0.2, -0.15) is 0 Å². The molecule has 0 saturated carbocycles. The third kappa shape index (κ3) is 4.34. The number of carbonyl (C=O) groups is 1. The van der Waals surface area contributed by atoms with E-state index < -0.39 is 5.97 Å². The molecular formula is C15H19N3O2S. The Balaban J connectivity index is 2.05. The average Bonchev–Trinajstić information content (AvgIpc) is 2.93. The topological polar surface area (TPSA) is 66.3 Å². The summed E-state index contributed by atoms with van der Waals surface area (Å²) in [5, 5.41) is 11.8. The molecule has 0 fully saturated rings. The van der Waals surface area contributed by atoms with Crippen molar-refractivity contribution in [2.75, 3.05) is 6.54 Å². The van der Waals surface area contributed by atoms with Crippen molar-refractivity contribution < 1.29 is 9.90 Å². The van der Waals surface area contributed by atoms with E-state index in [-0.39, 0.29) is 12.5 Å². The lowest BCUT2D eigenvalue weighted by Crippen LogP contribution is -2.34. The molecule has 2 rings (SSSR count). The summed E-state index contributed by atoms with van der Waals surface area (Å²) in [6.07, 6.45) is 1.90. The van der Waals surface area contributed by atoms with Gasteiger partial charge in [-0.3, -0.25) is 14.7 Å². The number of rotatable bonds is 7. The molecule has 1 N–H and O–H groups in total. The molecule has 0 aliphatic carbocycles. The van der Waals surface area contributed by atoms with Crippen LogP contribution >= 0.6 is 11.3 Å². The van der Waals surface area contributed by atoms with Gasteiger partial charge in [0.2, 0.25) is 0 Å². The van der Waals surface area contributed by atoms with Crippen molar-refractivity contribution in [3.8, 4) is 10.7 Å². The fourth-order valence-corrected chi connectivity index (χ4v) is 2.94. The first-order valence-corrected chi connectivity index (χ1v) is 7.79. The fourth-order valence-electron chi connectivity index (χ4n) is 2.16. The summed E-state index contributed by atoms with van der Waals surface area (Å²) >= 11 is 1.56. The number of nitrogens with zero attached hydrogens (tertiary/aromatic N) is 3. The van der Waals surface area contributed by atoms with E-state index in [0.717, 1.165) is 22.9 Å². The lowest BCUT2D eigenvalue weighted by Gasteiger charge is -2.25. The average molecular weight is 305 g/mol. The molecule has 0 bridgehead atoms. The van der Waals surface area contributed by atoms with Crippen LogP contribution in [-0.4, -0.2) is 38.5 Å². The zero-order chi connectivity index (χ0) is 15.2. The Morgan fingerprint density at radius 2 is 2.29 bits per heavy atom. The molecule has 0 spiro atoms. The van der Waals surface area contributed by atoms with E-state index in [0.29, 0.717) is 6.54 Å². The minimum absolute atomic E-state index is 0.00694. The van der Waals surface area contributed by atoms with Crippen molar-refractivity contribution in [2.24, 2.45) is 0 Å². The van der Waals surface area contributed by atoms with Crippen molar-refractivity contribution >= 4 is 17.3 Å². The van der Waals surface area contributed by atoms with Gasteiger partial charge in [0, 0.05) is 24.2 Å². The second-order valence-electron chi connectivity index (χ2n) is 4.87. The highest BCUT2D eigenvalue weighted by Crippen LogP contribution is 2.22. The van der Waals surface area contributed by atoms with Gasteiger partial charge in [0.05, 0.1) is 17.8 Å². The van der Waals surface area contributed by atoms with Crippen LogP contribution in [-0.2, 0) is 11.3 Å². The van der Waals surface area contributed by atoms with Gasteiger partial charge >= 0.3 is 5.97 Å². The van der Waals surface area contributed by atoms with E-state index in [4.69, 9.17) is 5.11 Å². The zero-order valence-corrected chi connectivity index (χ0v) is 13.0. The summed E-state index contributed by atoms with van der Waals surface area (Å²) in [4.78, 5) is 21.8. The first kappa shape index (κ1) is 15.6. The molecule has 112 valence electrons. The van der Waals surface area contributed by atoms with Gasteiger partial charge in [0.15, 0.2) is 0 Å². The largest absolute Gasteiger partial charge is 0.481 e. The summed E-state index contributed by atoms with van der Waals surface area (Å²) < 4.78 is 0. The SMILES string of the molecule is CCN(Cc1csc(-c2ccccn2)n1)C(C)CC(=O)O. The molecule has 0 aliphatic rings. The fraction of sp³-hybridized carbons (Fsp3) is 0.400. The van der Waals surface area contributed by atoms with Crippen molar-refractivity contribution in [1.29, 1.82) is 0 Å². The van der Waals surface area contributed by atoms with Crippen LogP contribution in [0.25, 0.3) is 10.7 Å². The minimum atomic E-state index is -0.770. The normalized spacial score (nSPS) is 12.5. The predicted molar refractivity (Wildman–Crippen MR) is 83.1 cm³/mol. The van der Waals surface area contributed by atoms with Crippen molar-refractivity contribution in [1.82, 2.24) is 14.9 Å². The van der Waals surface area contributed by atoms with Crippen LogP contribution < -0.4 is 0 Å². The van der Waals surface area contributed by atoms with Crippen molar-refractivity contribution in [3.63, 3.8) is 0 Å². The lowest BCUT2D eigenvalue weighted by atomic mass is 10.2. The second kappa shape index (κ2) is 7.28. The molecule has 2 heterocycles. The predicted octanol–water partition coefficient (Wildman–Crippen LogP) is 2.89. The number of hydrogen-bond donors (Lipinski definition) is 1. The molecule has 0 saturated heterocycles. The summed E-state index contributed by atoms with van der Waals surface area (Å²) in [6, 6.07) is 5.75. The smallest absolute Gasteiger partial charge is 0.304 e. The van der Waals surface area contributed by atoms with E-state index in [1.54, 1.807) is 17.5 Å². The summed E-state index contributed by atoms with van der Waals surface area (Å²) in [6.45, 7) is 5.42. The highest BCUT2D eigenvalue weighted by atomic mass is 32.1. The molecule has 2 aromatic rings. The van der Waals surface area contributed by atoms with E-state index in [1.807, 2.05) is 37.4 Å². The van der Waals surface area contributed by atoms with Gasteiger partial charge in [-0.1, -0.05) is 13.0 Å². The highest BCUT2D eigenvalue weighted by molar-refractivity contribution is 7.13. The van der Waals surface area contributed by atoms with Crippen LogP contribution in [0.2, 0.25) is 0 Å². The first-order chi connectivity index (χ1) is 10.1. The quantitative estimate of drug-likeness (QED) is 0.852. The van der Waals surface area contributed by atoms with Crippen LogP contribution in [0.1, 0.15) is 26.0 Å². The number of aliphatic carboxylic acids is 1. The van der Waals surface area contributed by atoms with Gasteiger partial charge in [-0.15, -0.1) is 11.3 Å². The molecule has 0 radical (unpaired) electrons. The van der Waals surface area contributed by atoms with Crippen LogP contribution in [0.5, 0.6) is 0 Å². The second-order valence-corrected chi connectivity index (χ2v) is 5.73. The molecule has 0 aliphatic heterocycles. The van der Waals surface area contributed by atoms with Gasteiger partial charge in [0.25, 0.3) is 0 Å². The van der Waals surface area contributed by atoms with Gasteiger partial charge in [-0.25, -0.2) is 4.98 Å². The van der Waals surface area contributed by atoms with E-state index >= 15 is 0 Å². The highest BCUT2D eigenvalue weighted by Gasteiger charge is 2.17. The molecule has 5 nitrogen and oxygen atoms in total. The Morgan fingerprint density at radius 3 is 2.90 bits per heavy atom. The Morgan fingerprint density at radius 1 is 1.48 bits per heavy atom. The summed E-state index contributed by atoms with van der Waals surface area (Å²) in [5.74, 6) is -0.770. The van der Waals surface area contributed by atoms with Crippen LogP contribution in [0.4, 0.5) is 0 Å². The Bertz CT molecular complexity index is 586. The number of carboxylic acids is 1. The maximum Gasteiger partial charge on any atom is 0.304 e. The van der Waals surface area contributed by atoms with E-state index in [1.165, 1.54) is 0 Å². The number of thiazole rings is 1. The monoisotopic (exact) mass is 305 g/mol. The number of aromatic nitrogens is 2. The third-order valence-corrected chi connectivity index (χ3v) is 4.21. The Hall–Kier alpha value is -1.79. The number of hydrogen-bond acceptors (Lipinski definition) is 5. The van der Waals surface area contributed by atoms with Crippen molar-refractivity contribution in [3.05, 3.63) is 35.5 Å². The van der Waals surface area contributed by atoms with Crippen LogP contribution in [0.15, 0.2) is 29.8 Å². The molecular weight excluding hydrogens is 286 g/mol. The molecule has 21 heavy (non-hydrogen) atoms. The molecule has 0 aromatic carbocycles. The molecule has 1 atom stereocenters. The standard InChI is InChI=1S/C15H19N3O2S/c1-3-18(11(2)8-14(19)20)9-12-10-21-15(17-12)13-6-4-5-7-16-13/h4-7,10-11H,3,8-9H2,1-2H3,(H,19,20). The van der Waals surface area contributed by atoms with Gasteiger partial charge in [-0.05, 0) is 25.6 Å². The van der Waals surface area contributed by atoms with Gasteiger partial charge in [0.1, 0.15) is 5.01 Å². The molecule has 1 unspecified atom stereocenters. The molecule has 0 amide bonds. The molecule has 6 heteroatoms. The minimum Gasteiger partial charge on any atom is -0.481 e. The first-order valence-electron chi connectivity index (χ1n) is 6.91. The number of carboxylic acid groups (broad SMARTS) is 1. The van der Waals surface area contributed by atoms with Gasteiger partial charge < -0.3 is 5.11 Å². The maximum atomic E-state index is 10.8. The number of pyridine rings is 1.